The highest BCUT2D eigenvalue weighted by Crippen LogP contribution is 2.17. The number of aromatic nitrogens is 2. The molecule has 1 N–H and O–H groups in total. The summed E-state index contributed by atoms with van der Waals surface area (Å²) in [6.45, 7) is 6.55. The van der Waals surface area contributed by atoms with Gasteiger partial charge in [0.1, 0.15) is 0 Å². The van der Waals surface area contributed by atoms with Gasteiger partial charge in [-0.15, -0.1) is 0 Å². The van der Waals surface area contributed by atoms with Gasteiger partial charge in [0.05, 0.1) is 17.9 Å². The number of hydrogen-bond acceptors (Lipinski definition) is 3. The number of aryl methyl sites for hydroxylation is 1. The summed E-state index contributed by atoms with van der Waals surface area (Å²) < 4.78 is 2.85. The number of hydrogen-bond donors (Lipinski definition) is 1. The van der Waals surface area contributed by atoms with Crippen LogP contribution in [0, 0.1) is 6.92 Å². The molecule has 0 radical (unpaired) electrons. The minimum Gasteiger partial charge on any atom is -0.480 e. The number of carboxylic acid groups (broad SMARTS) is 1. The molecule has 0 saturated heterocycles. The van der Waals surface area contributed by atoms with Gasteiger partial charge >= 0.3 is 5.97 Å². The van der Waals surface area contributed by atoms with Crippen LogP contribution in [0.25, 0.3) is 5.69 Å². The zero-order valence-corrected chi connectivity index (χ0v) is 14.5. The number of carboxylic acids is 1. The van der Waals surface area contributed by atoms with Crippen LogP contribution in [0.15, 0.2) is 34.9 Å². The van der Waals surface area contributed by atoms with Gasteiger partial charge in [-0.2, -0.15) is 5.10 Å². The SMILES string of the molecule is Cc1nn(-c2ccc(Br)cc2)cc1CN(CC(=O)O)C(C)C. The first-order valence-electron chi connectivity index (χ1n) is 7.13. The number of nitrogens with zero attached hydrogens (tertiary/aromatic N) is 3. The van der Waals surface area contributed by atoms with Crippen molar-refractivity contribution >= 4 is 21.9 Å². The van der Waals surface area contributed by atoms with Gasteiger partial charge in [-0.25, -0.2) is 4.68 Å². The Morgan fingerprint density at radius 3 is 2.55 bits per heavy atom. The fourth-order valence-corrected chi connectivity index (χ4v) is 2.45. The van der Waals surface area contributed by atoms with Crippen molar-refractivity contribution in [1.82, 2.24) is 14.7 Å². The highest BCUT2D eigenvalue weighted by Gasteiger charge is 2.16. The molecule has 1 aromatic carbocycles. The molecule has 0 saturated carbocycles. The fraction of sp³-hybridized carbons (Fsp3) is 0.375. The van der Waals surface area contributed by atoms with E-state index >= 15 is 0 Å². The van der Waals surface area contributed by atoms with Crippen molar-refractivity contribution in [2.45, 2.75) is 33.4 Å². The maximum Gasteiger partial charge on any atom is 0.317 e. The van der Waals surface area contributed by atoms with E-state index in [0.717, 1.165) is 21.4 Å². The molecule has 0 unspecified atom stereocenters. The maximum atomic E-state index is 11.0. The molecule has 5 nitrogen and oxygen atoms in total. The molecule has 2 rings (SSSR count). The van der Waals surface area contributed by atoms with Gasteiger partial charge in [-0.05, 0) is 45.0 Å². The van der Waals surface area contributed by atoms with Crippen LogP contribution in [0.1, 0.15) is 25.1 Å². The van der Waals surface area contributed by atoms with Gasteiger partial charge in [0.25, 0.3) is 0 Å². The summed E-state index contributed by atoms with van der Waals surface area (Å²) in [4.78, 5) is 12.9. The van der Waals surface area contributed by atoms with Crippen LogP contribution >= 0.6 is 15.9 Å². The quantitative estimate of drug-likeness (QED) is 0.853. The summed E-state index contributed by atoms with van der Waals surface area (Å²) in [5.41, 5.74) is 2.93. The van der Waals surface area contributed by atoms with Crippen LogP contribution in [-0.2, 0) is 11.3 Å². The van der Waals surface area contributed by atoms with E-state index in [0.29, 0.717) is 6.54 Å². The normalized spacial score (nSPS) is 11.4. The first-order valence-corrected chi connectivity index (χ1v) is 7.93. The van der Waals surface area contributed by atoms with Gasteiger partial charge in [0, 0.05) is 28.8 Å². The summed E-state index contributed by atoms with van der Waals surface area (Å²) in [5, 5.41) is 13.6. The highest BCUT2D eigenvalue weighted by atomic mass is 79.9. The molecule has 1 heterocycles. The van der Waals surface area contributed by atoms with Crippen molar-refractivity contribution in [1.29, 1.82) is 0 Å². The number of rotatable bonds is 6. The molecule has 0 aliphatic heterocycles. The molecule has 2 aromatic rings. The average Bonchev–Trinajstić information content (AvgIpc) is 2.79. The Kier molecular flexibility index (Phi) is 5.37. The molecule has 0 atom stereocenters. The third-order valence-corrected chi connectivity index (χ3v) is 4.06. The third-order valence-electron chi connectivity index (χ3n) is 3.53. The summed E-state index contributed by atoms with van der Waals surface area (Å²) in [5.74, 6) is -0.813. The number of aliphatic carboxylic acids is 1. The Balaban J connectivity index is 2.22. The second-order valence-corrected chi connectivity index (χ2v) is 6.47. The van der Waals surface area contributed by atoms with E-state index in [4.69, 9.17) is 5.11 Å². The molecular formula is C16H20BrN3O2. The number of halogens is 1. The van der Waals surface area contributed by atoms with Crippen molar-refractivity contribution in [3.05, 3.63) is 46.2 Å². The van der Waals surface area contributed by atoms with Crippen molar-refractivity contribution < 1.29 is 9.90 Å². The predicted octanol–water partition coefficient (Wildman–Crippen LogP) is 3.24. The highest BCUT2D eigenvalue weighted by molar-refractivity contribution is 9.10. The summed E-state index contributed by atoms with van der Waals surface area (Å²) in [6, 6.07) is 8.06. The van der Waals surface area contributed by atoms with E-state index in [2.05, 4.69) is 21.0 Å². The van der Waals surface area contributed by atoms with E-state index in [1.54, 1.807) is 0 Å². The van der Waals surface area contributed by atoms with Crippen molar-refractivity contribution in [2.75, 3.05) is 6.54 Å². The van der Waals surface area contributed by atoms with Crippen LogP contribution in [0.4, 0.5) is 0 Å². The number of benzene rings is 1. The van der Waals surface area contributed by atoms with Gasteiger partial charge in [0.15, 0.2) is 0 Å². The molecule has 0 amide bonds. The van der Waals surface area contributed by atoms with Crippen LogP contribution in [0.3, 0.4) is 0 Å². The molecule has 0 aliphatic carbocycles. The second kappa shape index (κ2) is 7.07. The first kappa shape index (κ1) is 16.7. The van der Waals surface area contributed by atoms with Crippen molar-refractivity contribution in [3.8, 4) is 5.69 Å². The number of carbonyl (C=O) groups is 1. The minimum absolute atomic E-state index is 0.0283. The van der Waals surface area contributed by atoms with Gasteiger partial charge in [0.2, 0.25) is 0 Å². The molecule has 0 aliphatic rings. The Morgan fingerprint density at radius 2 is 2.00 bits per heavy atom. The Hall–Kier alpha value is -1.66. The maximum absolute atomic E-state index is 11.0. The molecule has 0 spiro atoms. The van der Waals surface area contributed by atoms with Gasteiger partial charge in [-0.1, -0.05) is 15.9 Å². The lowest BCUT2D eigenvalue weighted by Crippen LogP contribution is -2.35. The van der Waals surface area contributed by atoms with E-state index < -0.39 is 5.97 Å². The second-order valence-electron chi connectivity index (χ2n) is 5.55. The predicted molar refractivity (Wildman–Crippen MR) is 89.2 cm³/mol. The third kappa shape index (κ3) is 4.18. The smallest absolute Gasteiger partial charge is 0.317 e. The van der Waals surface area contributed by atoms with Crippen LogP contribution < -0.4 is 0 Å². The zero-order valence-electron chi connectivity index (χ0n) is 13.0. The van der Waals surface area contributed by atoms with Crippen LogP contribution in [0.5, 0.6) is 0 Å². The summed E-state index contributed by atoms with van der Waals surface area (Å²) in [6.07, 6.45) is 1.97. The van der Waals surface area contributed by atoms with Gasteiger partial charge in [-0.3, -0.25) is 9.69 Å². The van der Waals surface area contributed by atoms with E-state index in [1.807, 2.05) is 60.8 Å². The average molecular weight is 366 g/mol. The lowest BCUT2D eigenvalue weighted by atomic mass is 10.2. The summed E-state index contributed by atoms with van der Waals surface area (Å²) >= 11 is 3.42. The molecule has 22 heavy (non-hydrogen) atoms. The monoisotopic (exact) mass is 365 g/mol. The molecule has 1 aromatic heterocycles. The lowest BCUT2D eigenvalue weighted by Gasteiger charge is -2.24. The largest absolute Gasteiger partial charge is 0.480 e. The summed E-state index contributed by atoms with van der Waals surface area (Å²) in [7, 11) is 0. The van der Waals surface area contributed by atoms with Crippen molar-refractivity contribution in [2.24, 2.45) is 0 Å². The van der Waals surface area contributed by atoms with E-state index in [9.17, 15) is 4.79 Å². The topological polar surface area (TPSA) is 58.4 Å². The lowest BCUT2D eigenvalue weighted by molar-refractivity contribution is -0.138. The zero-order chi connectivity index (χ0) is 16.3. The van der Waals surface area contributed by atoms with Gasteiger partial charge < -0.3 is 5.11 Å². The molecular weight excluding hydrogens is 346 g/mol. The molecule has 0 bridgehead atoms. The van der Waals surface area contributed by atoms with Crippen LogP contribution in [0.2, 0.25) is 0 Å². The molecule has 6 heteroatoms. The fourth-order valence-electron chi connectivity index (χ4n) is 2.19. The van der Waals surface area contributed by atoms with Crippen molar-refractivity contribution in [3.63, 3.8) is 0 Å². The van der Waals surface area contributed by atoms with E-state index in [1.165, 1.54) is 0 Å². The Labute approximate surface area is 138 Å². The Morgan fingerprint density at radius 1 is 1.36 bits per heavy atom. The van der Waals surface area contributed by atoms with Crippen LogP contribution in [-0.4, -0.2) is 38.3 Å². The molecule has 0 fully saturated rings. The standard InChI is InChI=1S/C16H20BrN3O2/c1-11(2)19(10-16(21)22)8-13-9-20(18-12(13)3)15-6-4-14(17)5-7-15/h4-7,9,11H,8,10H2,1-3H3,(H,21,22). The minimum atomic E-state index is -0.813. The first-order chi connectivity index (χ1) is 10.4. The van der Waals surface area contributed by atoms with E-state index in [-0.39, 0.29) is 12.6 Å². The Bertz CT molecular complexity index is 650. The molecule has 118 valence electrons.